The largest absolute Gasteiger partial charge is 0.380 e. The van der Waals surface area contributed by atoms with Crippen LogP contribution >= 0.6 is 27.5 Å². The van der Waals surface area contributed by atoms with Crippen LogP contribution in [0.15, 0.2) is 53.0 Å². The molecule has 0 fully saturated rings. The van der Waals surface area contributed by atoms with E-state index in [2.05, 4.69) is 33.4 Å². The first-order chi connectivity index (χ1) is 7.75. The van der Waals surface area contributed by atoms with Gasteiger partial charge >= 0.3 is 0 Å². The Morgan fingerprint density at radius 2 is 1.69 bits per heavy atom. The maximum atomic E-state index is 6.05. The fourth-order valence-corrected chi connectivity index (χ4v) is 1.87. The topological polar surface area (TPSA) is 12.0 Å². The summed E-state index contributed by atoms with van der Waals surface area (Å²) in [5.74, 6) is 0. The molecular formula is C13H11BrClN. The van der Waals surface area contributed by atoms with Crippen LogP contribution in [0.4, 0.5) is 5.69 Å². The zero-order valence-electron chi connectivity index (χ0n) is 8.58. The molecule has 0 aliphatic heterocycles. The molecule has 0 bridgehead atoms. The smallest absolute Gasteiger partial charge is 0.0637 e. The predicted molar refractivity (Wildman–Crippen MR) is 72.9 cm³/mol. The Bertz CT molecular complexity index is 468. The number of hydrogen-bond acceptors (Lipinski definition) is 1. The molecule has 16 heavy (non-hydrogen) atoms. The Kier molecular flexibility index (Phi) is 3.86. The van der Waals surface area contributed by atoms with Gasteiger partial charge in [-0.25, -0.2) is 0 Å². The summed E-state index contributed by atoms with van der Waals surface area (Å²) in [6, 6.07) is 16.0. The number of nitrogens with one attached hydrogen (secondary N) is 1. The Morgan fingerprint density at radius 3 is 2.38 bits per heavy atom. The summed E-state index contributed by atoms with van der Waals surface area (Å²) < 4.78 is 1.09. The van der Waals surface area contributed by atoms with E-state index in [1.807, 2.05) is 36.4 Å². The fraction of sp³-hybridized carbons (Fsp3) is 0.0769. The molecule has 1 nitrogen and oxygen atoms in total. The second-order valence-electron chi connectivity index (χ2n) is 3.46. The van der Waals surface area contributed by atoms with Crippen LogP contribution in [0.1, 0.15) is 5.56 Å². The highest BCUT2D eigenvalue weighted by Gasteiger charge is 1.98. The fourth-order valence-electron chi connectivity index (χ4n) is 1.40. The molecule has 0 aliphatic carbocycles. The molecule has 0 saturated carbocycles. The third-order valence-electron chi connectivity index (χ3n) is 2.27. The molecule has 0 saturated heterocycles. The van der Waals surface area contributed by atoms with E-state index in [4.69, 9.17) is 11.6 Å². The highest BCUT2D eigenvalue weighted by Crippen LogP contribution is 2.21. The van der Waals surface area contributed by atoms with Crippen LogP contribution in [0.25, 0.3) is 0 Å². The van der Waals surface area contributed by atoms with Gasteiger partial charge < -0.3 is 5.32 Å². The number of halogens is 2. The maximum Gasteiger partial charge on any atom is 0.0637 e. The first-order valence-electron chi connectivity index (χ1n) is 4.98. The van der Waals surface area contributed by atoms with Gasteiger partial charge in [-0.05, 0) is 29.8 Å². The van der Waals surface area contributed by atoms with E-state index in [-0.39, 0.29) is 0 Å². The Hall–Kier alpha value is -0.990. The monoisotopic (exact) mass is 295 g/mol. The molecule has 0 unspecified atom stereocenters. The molecule has 0 radical (unpaired) electrons. The van der Waals surface area contributed by atoms with E-state index in [0.29, 0.717) is 0 Å². The molecule has 82 valence electrons. The number of benzene rings is 2. The Labute approximate surface area is 109 Å². The van der Waals surface area contributed by atoms with E-state index >= 15 is 0 Å². The summed E-state index contributed by atoms with van der Waals surface area (Å²) >= 11 is 9.46. The minimum absolute atomic E-state index is 0.750. The molecule has 0 aliphatic rings. The Morgan fingerprint density at radius 1 is 1.00 bits per heavy atom. The average Bonchev–Trinajstić information content (AvgIpc) is 2.30. The minimum atomic E-state index is 0.750. The van der Waals surface area contributed by atoms with Gasteiger partial charge in [0.25, 0.3) is 0 Å². The molecule has 1 N–H and O–H groups in total. The molecule has 0 heterocycles. The van der Waals surface area contributed by atoms with E-state index in [9.17, 15) is 0 Å². The molecule has 2 rings (SSSR count). The van der Waals surface area contributed by atoms with Gasteiger partial charge in [-0.3, -0.25) is 0 Å². The lowest BCUT2D eigenvalue weighted by Gasteiger charge is -2.08. The molecule has 3 heteroatoms. The van der Waals surface area contributed by atoms with Crippen LogP contribution in [-0.2, 0) is 6.54 Å². The molecule has 0 amide bonds. The lowest BCUT2D eigenvalue weighted by atomic mass is 10.2. The van der Waals surface area contributed by atoms with Crippen LogP contribution in [0.3, 0.4) is 0 Å². The zero-order valence-corrected chi connectivity index (χ0v) is 10.9. The molecule has 2 aromatic rings. The SMILES string of the molecule is Clc1ccccc1NCc1ccc(Br)cc1. The lowest BCUT2D eigenvalue weighted by molar-refractivity contribution is 1.15. The Balaban J connectivity index is 2.02. The van der Waals surface area contributed by atoms with Crippen molar-refractivity contribution in [1.29, 1.82) is 0 Å². The second-order valence-corrected chi connectivity index (χ2v) is 4.78. The van der Waals surface area contributed by atoms with Crippen LogP contribution in [0.5, 0.6) is 0 Å². The van der Waals surface area contributed by atoms with E-state index in [0.717, 1.165) is 21.7 Å². The van der Waals surface area contributed by atoms with Gasteiger partial charge in [0.1, 0.15) is 0 Å². The van der Waals surface area contributed by atoms with Crippen molar-refractivity contribution in [3.05, 3.63) is 63.6 Å². The zero-order chi connectivity index (χ0) is 11.4. The van der Waals surface area contributed by atoms with Crippen molar-refractivity contribution in [1.82, 2.24) is 0 Å². The van der Waals surface area contributed by atoms with Crippen LogP contribution < -0.4 is 5.32 Å². The van der Waals surface area contributed by atoms with Crippen molar-refractivity contribution in [2.24, 2.45) is 0 Å². The quantitative estimate of drug-likeness (QED) is 0.864. The van der Waals surface area contributed by atoms with Crippen molar-refractivity contribution in [2.75, 3.05) is 5.32 Å². The van der Waals surface area contributed by atoms with Gasteiger partial charge in [-0.2, -0.15) is 0 Å². The molecule has 0 spiro atoms. The molecule has 0 aromatic heterocycles. The molecule has 2 aromatic carbocycles. The summed E-state index contributed by atoms with van der Waals surface area (Å²) in [6.45, 7) is 0.775. The summed E-state index contributed by atoms with van der Waals surface area (Å²) in [5.41, 5.74) is 2.19. The summed E-state index contributed by atoms with van der Waals surface area (Å²) in [4.78, 5) is 0. The number of anilines is 1. The first kappa shape index (κ1) is 11.5. The highest BCUT2D eigenvalue weighted by atomic mass is 79.9. The maximum absolute atomic E-state index is 6.05. The van der Waals surface area contributed by atoms with Crippen molar-refractivity contribution in [2.45, 2.75) is 6.54 Å². The lowest BCUT2D eigenvalue weighted by Crippen LogP contribution is -1.99. The highest BCUT2D eigenvalue weighted by molar-refractivity contribution is 9.10. The molecule has 0 atom stereocenters. The van der Waals surface area contributed by atoms with Crippen LogP contribution in [0, 0.1) is 0 Å². The van der Waals surface area contributed by atoms with Gasteiger partial charge in [0.2, 0.25) is 0 Å². The van der Waals surface area contributed by atoms with Gasteiger partial charge in [0.15, 0.2) is 0 Å². The second kappa shape index (κ2) is 5.37. The average molecular weight is 297 g/mol. The normalized spacial score (nSPS) is 10.1. The third-order valence-corrected chi connectivity index (χ3v) is 3.13. The van der Waals surface area contributed by atoms with E-state index < -0.39 is 0 Å². The number of hydrogen-bond donors (Lipinski definition) is 1. The van der Waals surface area contributed by atoms with E-state index in [1.165, 1.54) is 5.56 Å². The summed E-state index contributed by atoms with van der Waals surface area (Å²) in [5, 5.41) is 4.05. The third kappa shape index (κ3) is 3.00. The van der Waals surface area contributed by atoms with Crippen molar-refractivity contribution in [3.8, 4) is 0 Å². The van der Waals surface area contributed by atoms with Crippen molar-refractivity contribution >= 4 is 33.2 Å². The first-order valence-corrected chi connectivity index (χ1v) is 6.15. The van der Waals surface area contributed by atoms with Gasteiger partial charge in [-0.15, -0.1) is 0 Å². The van der Waals surface area contributed by atoms with Crippen LogP contribution in [0.2, 0.25) is 5.02 Å². The molecular weight excluding hydrogens is 286 g/mol. The minimum Gasteiger partial charge on any atom is -0.380 e. The summed E-state index contributed by atoms with van der Waals surface area (Å²) in [6.07, 6.45) is 0. The number of para-hydroxylation sites is 1. The summed E-state index contributed by atoms with van der Waals surface area (Å²) in [7, 11) is 0. The van der Waals surface area contributed by atoms with Gasteiger partial charge in [-0.1, -0.05) is 51.8 Å². The van der Waals surface area contributed by atoms with Crippen molar-refractivity contribution in [3.63, 3.8) is 0 Å². The van der Waals surface area contributed by atoms with Crippen molar-refractivity contribution < 1.29 is 0 Å². The number of rotatable bonds is 3. The van der Waals surface area contributed by atoms with Crippen LogP contribution in [-0.4, -0.2) is 0 Å². The van der Waals surface area contributed by atoms with Gasteiger partial charge in [0, 0.05) is 11.0 Å². The van der Waals surface area contributed by atoms with Gasteiger partial charge in [0.05, 0.1) is 10.7 Å². The standard InChI is InChI=1S/C13H11BrClN/c14-11-7-5-10(6-8-11)9-16-13-4-2-1-3-12(13)15/h1-8,16H,9H2. The van der Waals surface area contributed by atoms with E-state index in [1.54, 1.807) is 0 Å². The predicted octanol–water partition coefficient (Wildman–Crippen LogP) is 4.71.